The van der Waals surface area contributed by atoms with Gasteiger partial charge in [0.1, 0.15) is 5.69 Å². The number of nitrogens with zero attached hydrogens (tertiary/aromatic N) is 3. The molecule has 4 rings (SSSR count). The lowest BCUT2D eigenvalue weighted by molar-refractivity contribution is 0.412. The summed E-state index contributed by atoms with van der Waals surface area (Å²) in [6.07, 6.45) is 11.2. The standard InChI is InChI=1S/C24H30N4O/c1-3-13-28-17-20(21-15-25-27(2)16-21)14-23(24(28)29)26-22-11-9-19(10-12-22)18-7-5-4-6-8-18/h4-8,14-17,19,22,26H,3,9-13H2,1-2H3. The molecule has 0 aliphatic heterocycles. The maximum atomic E-state index is 13.0. The Balaban J connectivity index is 1.52. The van der Waals surface area contributed by atoms with Crippen LogP contribution in [0.4, 0.5) is 5.69 Å². The summed E-state index contributed by atoms with van der Waals surface area (Å²) in [6, 6.07) is 13.1. The van der Waals surface area contributed by atoms with Crippen LogP contribution >= 0.6 is 0 Å². The number of aromatic nitrogens is 3. The molecule has 2 heterocycles. The van der Waals surface area contributed by atoms with Crippen LogP contribution in [0.5, 0.6) is 0 Å². The Morgan fingerprint density at radius 2 is 1.83 bits per heavy atom. The first kappa shape index (κ1) is 19.5. The molecule has 1 aromatic carbocycles. The molecule has 5 heteroatoms. The average Bonchev–Trinajstić information content (AvgIpc) is 3.18. The summed E-state index contributed by atoms with van der Waals surface area (Å²) < 4.78 is 3.63. The van der Waals surface area contributed by atoms with Crippen LogP contribution in [0.25, 0.3) is 11.1 Å². The van der Waals surface area contributed by atoms with Crippen LogP contribution < -0.4 is 10.9 Å². The topological polar surface area (TPSA) is 51.9 Å². The number of anilines is 1. The van der Waals surface area contributed by atoms with Gasteiger partial charge < -0.3 is 9.88 Å². The lowest BCUT2D eigenvalue weighted by Gasteiger charge is -2.30. The molecule has 0 amide bonds. The van der Waals surface area contributed by atoms with Gasteiger partial charge in [0.2, 0.25) is 0 Å². The van der Waals surface area contributed by atoms with Crippen molar-refractivity contribution < 1.29 is 0 Å². The minimum absolute atomic E-state index is 0.0738. The first-order chi connectivity index (χ1) is 14.1. The largest absolute Gasteiger partial charge is 0.378 e. The van der Waals surface area contributed by atoms with Crippen LogP contribution in [0, 0.1) is 0 Å². The van der Waals surface area contributed by atoms with Crippen molar-refractivity contribution in [3.8, 4) is 11.1 Å². The van der Waals surface area contributed by atoms with Gasteiger partial charge >= 0.3 is 0 Å². The van der Waals surface area contributed by atoms with Gasteiger partial charge in [0.05, 0.1) is 6.20 Å². The van der Waals surface area contributed by atoms with Gasteiger partial charge in [0.15, 0.2) is 0 Å². The summed E-state index contributed by atoms with van der Waals surface area (Å²) in [5, 5.41) is 7.86. The van der Waals surface area contributed by atoms with Crippen LogP contribution in [-0.2, 0) is 13.6 Å². The molecule has 1 aliphatic rings. The Morgan fingerprint density at radius 3 is 2.48 bits per heavy atom. The molecule has 5 nitrogen and oxygen atoms in total. The van der Waals surface area contributed by atoms with E-state index in [1.54, 1.807) is 4.68 Å². The molecule has 29 heavy (non-hydrogen) atoms. The third-order valence-electron chi connectivity index (χ3n) is 5.95. The van der Waals surface area contributed by atoms with Crippen LogP contribution in [0.2, 0.25) is 0 Å². The Morgan fingerprint density at radius 1 is 1.07 bits per heavy atom. The fourth-order valence-electron chi connectivity index (χ4n) is 4.39. The number of nitrogens with one attached hydrogen (secondary N) is 1. The molecule has 1 saturated carbocycles. The lowest BCUT2D eigenvalue weighted by atomic mass is 9.82. The SMILES string of the molecule is CCCn1cc(-c2cnn(C)c2)cc(NC2CCC(c3ccccc3)CC2)c1=O. The Labute approximate surface area is 172 Å². The summed E-state index contributed by atoms with van der Waals surface area (Å²) >= 11 is 0. The van der Waals surface area contributed by atoms with E-state index in [1.165, 1.54) is 5.56 Å². The molecule has 0 radical (unpaired) electrons. The van der Waals surface area contributed by atoms with E-state index in [-0.39, 0.29) is 5.56 Å². The van der Waals surface area contributed by atoms with Crippen molar-refractivity contribution in [1.82, 2.24) is 14.3 Å². The van der Waals surface area contributed by atoms with Crippen LogP contribution in [0.3, 0.4) is 0 Å². The first-order valence-electron chi connectivity index (χ1n) is 10.7. The molecule has 0 bridgehead atoms. The molecule has 1 N–H and O–H groups in total. The number of benzene rings is 1. The Kier molecular flexibility index (Phi) is 5.84. The van der Waals surface area contributed by atoms with E-state index in [0.29, 0.717) is 17.6 Å². The number of hydrogen-bond donors (Lipinski definition) is 1. The highest BCUT2D eigenvalue weighted by molar-refractivity contribution is 5.65. The molecular formula is C24H30N4O. The van der Waals surface area contributed by atoms with Gasteiger partial charge in [-0.1, -0.05) is 37.3 Å². The highest BCUT2D eigenvalue weighted by atomic mass is 16.1. The summed E-state index contributed by atoms with van der Waals surface area (Å²) in [6.45, 7) is 2.82. The van der Waals surface area contributed by atoms with Crippen LogP contribution in [-0.4, -0.2) is 20.4 Å². The zero-order chi connectivity index (χ0) is 20.2. The molecule has 1 fully saturated rings. The zero-order valence-corrected chi connectivity index (χ0v) is 17.3. The van der Waals surface area contributed by atoms with Gasteiger partial charge in [0, 0.05) is 43.2 Å². The van der Waals surface area contributed by atoms with Gasteiger partial charge in [-0.15, -0.1) is 0 Å². The fraction of sp³-hybridized carbons (Fsp3) is 0.417. The minimum Gasteiger partial charge on any atom is -0.378 e. The molecule has 3 aromatic rings. The molecule has 152 valence electrons. The van der Waals surface area contributed by atoms with Crippen molar-refractivity contribution >= 4 is 5.69 Å². The quantitative estimate of drug-likeness (QED) is 0.658. The van der Waals surface area contributed by atoms with Crippen molar-refractivity contribution in [2.45, 2.75) is 57.5 Å². The molecule has 1 aliphatic carbocycles. The Hall–Kier alpha value is -2.82. The van der Waals surface area contributed by atoms with Crippen molar-refractivity contribution in [3.63, 3.8) is 0 Å². The smallest absolute Gasteiger partial charge is 0.273 e. The maximum absolute atomic E-state index is 13.0. The maximum Gasteiger partial charge on any atom is 0.273 e. The molecule has 0 saturated heterocycles. The van der Waals surface area contributed by atoms with E-state index in [1.807, 2.05) is 36.3 Å². The monoisotopic (exact) mass is 390 g/mol. The molecule has 0 spiro atoms. The number of aryl methyl sites for hydroxylation is 2. The third-order valence-corrected chi connectivity index (χ3v) is 5.95. The molecule has 0 unspecified atom stereocenters. The first-order valence-corrected chi connectivity index (χ1v) is 10.7. The number of hydrogen-bond acceptors (Lipinski definition) is 3. The second-order valence-corrected chi connectivity index (χ2v) is 8.15. The molecular weight excluding hydrogens is 360 g/mol. The van der Waals surface area contributed by atoms with Gasteiger partial charge in [0.25, 0.3) is 5.56 Å². The van der Waals surface area contributed by atoms with Crippen molar-refractivity contribution in [2.75, 3.05) is 5.32 Å². The van der Waals surface area contributed by atoms with E-state index >= 15 is 0 Å². The van der Waals surface area contributed by atoms with E-state index in [9.17, 15) is 4.79 Å². The highest BCUT2D eigenvalue weighted by Crippen LogP contribution is 2.34. The average molecular weight is 391 g/mol. The second-order valence-electron chi connectivity index (χ2n) is 8.15. The van der Waals surface area contributed by atoms with Gasteiger partial charge in [-0.05, 0) is 49.7 Å². The highest BCUT2D eigenvalue weighted by Gasteiger charge is 2.23. The van der Waals surface area contributed by atoms with E-state index < -0.39 is 0 Å². The van der Waals surface area contributed by atoms with E-state index in [2.05, 4.69) is 47.7 Å². The second kappa shape index (κ2) is 8.68. The summed E-state index contributed by atoms with van der Waals surface area (Å²) in [5.74, 6) is 0.632. The van der Waals surface area contributed by atoms with Crippen molar-refractivity contribution in [1.29, 1.82) is 0 Å². The number of pyridine rings is 1. The Bertz CT molecular complexity index is 997. The van der Waals surface area contributed by atoms with E-state index in [0.717, 1.165) is 49.8 Å². The van der Waals surface area contributed by atoms with Gasteiger partial charge in [-0.25, -0.2) is 0 Å². The van der Waals surface area contributed by atoms with Crippen molar-refractivity contribution in [2.24, 2.45) is 7.05 Å². The predicted molar refractivity (Wildman–Crippen MR) is 118 cm³/mol. The number of rotatable bonds is 6. The van der Waals surface area contributed by atoms with Crippen LogP contribution in [0.1, 0.15) is 50.5 Å². The normalized spacial score (nSPS) is 19.2. The summed E-state index contributed by atoms with van der Waals surface area (Å²) in [7, 11) is 1.91. The van der Waals surface area contributed by atoms with Crippen LogP contribution in [0.15, 0.2) is 59.8 Å². The lowest BCUT2D eigenvalue weighted by Crippen LogP contribution is -2.30. The zero-order valence-electron chi connectivity index (χ0n) is 17.3. The molecule has 0 atom stereocenters. The minimum atomic E-state index is 0.0738. The van der Waals surface area contributed by atoms with Gasteiger partial charge in [-0.3, -0.25) is 9.48 Å². The summed E-state index contributed by atoms with van der Waals surface area (Å²) in [4.78, 5) is 13.0. The summed E-state index contributed by atoms with van der Waals surface area (Å²) in [5.41, 5.74) is 4.29. The van der Waals surface area contributed by atoms with Gasteiger partial charge in [-0.2, -0.15) is 5.10 Å². The fourth-order valence-corrected chi connectivity index (χ4v) is 4.39. The van der Waals surface area contributed by atoms with E-state index in [4.69, 9.17) is 0 Å². The third kappa shape index (κ3) is 4.44. The molecule has 2 aromatic heterocycles. The van der Waals surface area contributed by atoms with Crippen molar-refractivity contribution in [3.05, 3.63) is 70.9 Å². The predicted octanol–water partition coefficient (Wildman–Crippen LogP) is 4.80.